The number of hydrogen-bond donors (Lipinski definition) is 1. The molecule has 1 atom stereocenters. The second kappa shape index (κ2) is 5.75. The Hall–Kier alpha value is -0.830. The predicted octanol–water partition coefficient (Wildman–Crippen LogP) is 5.66. The molecule has 0 heterocycles. The molecule has 2 rings (SSSR count). The van der Waals surface area contributed by atoms with Gasteiger partial charge >= 0.3 is 0 Å². The molecule has 0 radical (unpaired) electrons. The molecule has 0 aliphatic carbocycles. The van der Waals surface area contributed by atoms with E-state index >= 15 is 0 Å². The van der Waals surface area contributed by atoms with Gasteiger partial charge in [-0.25, -0.2) is 0 Å². The zero-order chi connectivity index (χ0) is 15.8. The minimum absolute atomic E-state index is 0.0969. The van der Waals surface area contributed by atoms with Crippen LogP contribution in [-0.4, -0.2) is 5.11 Å². The Labute approximate surface area is 140 Å². The van der Waals surface area contributed by atoms with Crippen LogP contribution in [0.5, 0.6) is 0 Å². The van der Waals surface area contributed by atoms with Crippen LogP contribution in [0.2, 0.25) is 5.02 Å². The van der Waals surface area contributed by atoms with Crippen molar-refractivity contribution in [1.29, 1.82) is 0 Å². The summed E-state index contributed by atoms with van der Waals surface area (Å²) in [5.74, 6) is 0. The highest BCUT2D eigenvalue weighted by atomic mass is 79.9. The maximum Gasteiger partial charge on any atom is 0.113 e. The monoisotopic (exact) mass is 366 g/mol. The summed E-state index contributed by atoms with van der Waals surface area (Å²) in [7, 11) is 0. The quantitative estimate of drug-likeness (QED) is 0.726. The van der Waals surface area contributed by atoms with Crippen molar-refractivity contribution in [3.8, 4) is 0 Å². The predicted molar refractivity (Wildman–Crippen MR) is 93.0 cm³/mol. The lowest BCUT2D eigenvalue weighted by molar-refractivity contribution is 0.102. The van der Waals surface area contributed by atoms with E-state index in [4.69, 9.17) is 11.6 Å². The Morgan fingerprint density at radius 3 is 1.90 bits per heavy atom. The van der Waals surface area contributed by atoms with Gasteiger partial charge in [-0.1, -0.05) is 78.6 Å². The first kappa shape index (κ1) is 16.5. The van der Waals surface area contributed by atoms with Crippen LogP contribution in [0.1, 0.15) is 44.4 Å². The van der Waals surface area contributed by atoms with Gasteiger partial charge in [-0.05, 0) is 35.6 Å². The Morgan fingerprint density at radius 1 is 0.905 bits per heavy atom. The summed E-state index contributed by atoms with van der Waals surface area (Å²) in [5, 5.41) is 11.5. The maximum absolute atomic E-state index is 10.9. The topological polar surface area (TPSA) is 20.2 Å². The summed E-state index contributed by atoms with van der Waals surface area (Å²) in [6, 6.07) is 13.6. The lowest BCUT2D eigenvalue weighted by atomic mass is 9.83. The summed E-state index contributed by atoms with van der Waals surface area (Å²) in [4.78, 5) is 0. The van der Waals surface area contributed by atoms with Crippen LogP contribution in [0.15, 0.2) is 46.9 Å². The van der Waals surface area contributed by atoms with Crippen LogP contribution >= 0.6 is 27.5 Å². The fraction of sp³-hybridized carbons (Fsp3) is 0.333. The standard InChI is InChI=1S/C18H20BrClO/c1-17(2,3)12-5-7-13(8-6-12)18(4,21)15-10-9-14(19)11-16(15)20/h5-11,21H,1-4H3. The van der Waals surface area contributed by atoms with E-state index in [1.807, 2.05) is 24.3 Å². The van der Waals surface area contributed by atoms with Gasteiger partial charge < -0.3 is 5.11 Å². The Morgan fingerprint density at radius 2 is 1.43 bits per heavy atom. The van der Waals surface area contributed by atoms with Crippen molar-refractivity contribution in [2.24, 2.45) is 0 Å². The summed E-state index contributed by atoms with van der Waals surface area (Å²) in [6.07, 6.45) is 0. The van der Waals surface area contributed by atoms with E-state index in [0.29, 0.717) is 10.6 Å². The van der Waals surface area contributed by atoms with Crippen LogP contribution in [0.25, 0.3) is 0 Å². The van der Waals surface area contributed by atoms with Crippen molar-refractivity contribution in [1.82, 2.24) is 0 Å². The Kier molecular flexibility index (Phi) is 4.53. The molecule has 2 aromatic carbocycles. The van der Waals surface area contributed by atoms with Gasteiger partial charge in [-0.2, -0.15) is 0 Å². The first-order chi connectivity index (χ1) is 9.62. The van der Waals surface area contributed by atoms with Gasteiger partial charge in [0.1, 0.15) is 5.60 Å². The zero-order valence-corrected chi connectivity index (χ0v) is 15.1. The van der Waals surface area contributed by atoms with E-state index in [9.17, 15) is 5.11 Å². The number of aliphatic hydroxyl groups is 1. The molecular weight excluding hydrogens is 348 g/mol. The lowest BCUT2D eigenvalue weighted by Gasteiger charge is -2.27. The second-order valence-electron chi connectivity index (χ2n) is 6.52. The highest BCUT2D eigenvalue weighted by Gasteiger charge is 2.28. The largest absolute Gasteiger partial charge is 0.381 e. The molecule has 112 valence electrons. The average Bonchev–Trinajstić information content (AvgIpc) is 2.37. The smallest absolute Gasteiger partial charge is 0.113 e. The third kappa shape index (κ3) is 3.50. The molecule has 0 aliphatic rings. The van der Waals surface area contributed by atoms with Crippen molar-refractivity contribution in [2.75, 3.05) is 0 Å². The lowest BCUT2D eigenvalue weighted by Crippen LogP contribution is -2.23. The minimum Gasteiger partial charge on any atom is -0.381 e. The summed E-state index contributed by atoms with van der Waals surface area (Å²) >= 11 is 9.66. The van der Waals surface area contributed by atoms with Gasteiger partial charge in [0, 0.05) is 15.1 Å². The number of hydrogen-bond acceptors (Lipinski definition) is 1. The molecule has 0 spiro atoms. The SMILES string of the molecule is CC(C)(C)c1ccc(C(C)(O)c2ccc(Br)cc2Cl)cc1. The van der Waals surface area contributed by atoms with Crippen LogP contribution in [0.3, 0.4) is 0 Å². The van der Waals surface area contributed by atoms with Crippen molar-refractivity contribution in [2.45, 2.75) is 38.7 Å². The van der Waals surface area contributed by atoms with Crippen molar-refractivity contribution in [3.05, 3.63) is 68.7 Å². The molecule has 0 saturated heterocycles. The van der Waals surface area contributed by atoms with E-state index < -0.39 is 5.60 Å². The molecule has 0 fully saturated rings. The van der Waals surface area contributed by atoms with Gasteiger partial charge in [-0.3, -0.25) is 0 Å². The summed E-state index contributed by atoms with van der Waals surface area (Å²) in [6.45, 7) is 8.29. The third-order valence-corrected chi connectivity index (χ3v) is 4.57. The molecule has 1 nitrogen and oxygen atoms in total. The van der Waals surface area contributed by atoms with Gasteiger partial charge in [0.2, 0.25) is 0 Å². The average molecular weight is 368 g/mol. The molecule has 0 bridgehead atoms. The molecule has 0 amide bonds. The van der Waals surface area contributed by atoms with Crippen LogP contribution in [0.4, 0.5) is 0 Å². The van der Waals surface area contributed by atoms with Crippen molar-refractivity contribution < 1.29 is 5.11 Å². The summed E-state index contributed by atoms with van der Waals surface area (Å²) < 4.78 is 0.898. The zero-order valence-electron chi connectivity index (χ0n) is 12.7. The number of halogens is 2. The van der Waals surface area contributed by atoms with Gasteiger partial charge in [0.05, 0.1) is 0 Å². The molecular formula is C18H20BrClO. The highest BCUT2D eigenvalue weighted by Crippen LogP contribution is 2.36. The maximum atomic E-state index is 10.9. The number of rotatable bonds is 2. The third-order valence-electron chi connectivity index (χ3n) is 3.77. The second-order valence-corrected chi connectivity index (χ2v) is 7.85. The fourth-order valence-corrected chi connectivity index (χ4v) is 3.19. The number of benzene rings is 2. The van der Waals surface area contributed by atoms with Crippen LogP contribution in [0, 0.1) is 0 Å². The van der Waals surface area contributed by atoms with Crippen molar-refractivity contribution in [3.63, 3.8) is 0 Å². The fourth-order valence-electron chi connectivity index (χ4n) is 2.33. The first-order valence-corrected chi connectivity index (χ1v) is 8.08. The highest BCUT2D eigenvalue weighted by molar-refractivity contribution is 9.10. The first-order valence-electron chi connectivity index (χ1n) is 6.91. The van der Waals surface area contributed by atoms with Gasteiger partial charge in [0.25, 0.3) is 0 Å². The molecule has 21 heavy (non-hydrogen) atoms. The van der Waals surface area contributed by atoms with Crippen LogP contribution < -0.4 is 0 Å². The Balaban J connectivity index is 2.44. The molecule has 1 N–H and O–H groups in total. The van der Waals surface area contributed by atoms with E-state index in [0.717, 1.165) is 10.0 Å². The normalized spacial score (nSPS) is 14.8. The molecule has 1 unspecified atom stereocenters. The molecule has 3 heteroatoms. The molecule has 2 aromatic rings. The van der Waals surface area contributed by atoms with E-state index in [2.05, 4.69) is 48.8 Å². The van der Waals surface area contributed by atoms with Gasteiger partial charge in [0.15, 0.2) is 0 Å². The Bertz CT molecular complexity index is 639. The van der Waals surface area contributed by atoms with E-state index in [1.54, 1.807) is 13.0 Å². The van der Waals surface area contributed by atoms with Crippen molar-refractivity contribution >= 4 is 27.5 Å². The molecule has 0 aliphatic heterocycles. The molecule has 0 aromatic heterocycles. The summed E-state index contributed by atoms with van der Waals surface area (Å²) in [5.41, 5.74) is 1.76. The van der Waals surface area contributed by atoms with E-state index in [1.165, 1.54) is 5.56 Å². The van der Waals surface area contributed by atoms with Gasteiger partial charge in [-0.15, -0.1) is 0 Å². The minimum atomic E-state index is -1.12. The molecule has 0 saturated carbocycles. The van der Waals surface area contributed by atoms with E-state index in [-0.39, 0.29) is 5.41 Å². The van der Waals surface area contributed by atoms with Crippen LogP contribution in [-0.2, 0) is 11.0 Å².